The van der Waals surface area contributed by atoms with Gasteiger partial charge >= 0.3 is 0 Å². The monoisotopic (exact) mass is 547 g/mol. The molecule has 0 amide bonds. The highest BCUT2D eigenvalue weighted by atomic mass is 16.6. The van der Waals surface area contributed by atoms with Gasteiger partial charge in [-0.25, -0.2) is 0 Å². The van der Waals surface area contributed by atoms with Gasteiger partial charge in [-0.2, -0.15) is 0 Å². The smallest absolute Gasteiger partial charge is 0.127 e. The number of aromatic nitrogens is 1. The van der Waals surface area contributed by atoms with E-state index in [4.69, 9.17) is 18.9 Å². The molecule has 4 aromatic carbocycles. The van der Waals surface area contributed by atoms with Gasteiger partial charge in [-0.3, -0.25) is 0 Å². The maximum atomic E-state index is 6.88. The van der Waals surface area contributed by atoms with Crippen molar-refractivity contribution < 1.29 is 18.9 Å². The van der Waals surface area contributed by atoms with Crippen molar-refractivity contribution in [2.24, 2.45) is 7.05 Å². The van der Waals surface area contributed by atoms with E-state index in [9.17, 15) is 0 Å². The first-order chi connectivity index (χ1) is 20.2. The maximum Gasteiger partial charge on any atom is 0.127 e. The summed E-state index contributed by atoms with van der Waals surface area (Å²) in [4.78, 5) is 0. The highest BCUT2D eigenvalue weighted by Gasteiger charge is 2.48. The number of nitrogens with zero attached hydrogens (tertiary/aromatic N) is 1. The van der Waals surface area contributed by atoms with E-state index in [2.05, 4.69) is 79.2 Å². The van der Waals surface area contributed by atoms with Crippen LogP contribution in [0.1, 0.15) is 34.1 Å². The molecular weight excluding hydrogens is 510 g/mol. The van der Waals surface area contributed by atoms with Crippen molar-refractivity contribution in [3.8, 4) is 0 Å². The van der Waals surface area contributed by atoms with E-state index in [1.807, 2.05) is 54.6 Å². The van der Waals surface area contributed by atoms with E-state index < -0.39 is 0 Å². The molecule has 1 aliphatic heterocycles. The van der Waals surface area contributed by atoms with Crippen molar-refractivity contribution in [2.45, 2.75) is 51.2 Å². The molecule has 0 radical (unpaired) electrons. The van der Waals surface area contributed by atoms with Crippen LogP contribution in [0.4, 0.5) is 0 Å². The zero-order valence-corrected chi connectivity index (χ0v) is 23.7. The first-order valence-corrected chi connectivity index (χ1v) is 14.3. The number of hydrogen-bond donors (Lipinski definition) is 0. The lowest BCUT2D eigenvalue weighted by atomic mass is 10.0. The third-order valence-electron chi connectivity index (χ3n) is 7.96. The third-order valence-corrected chi connectivity index (χ3v) is 7.96. The molecule has 4 atom stereocenters. The molecule has 1 aliphatic rings. The van der Waals surface area contributed by atoms with Crippen molar-refractivity contribution in [1.82, 2.24) is 4.57 Å². The van der Waals surface area contributed by atoms with Crippen LogP contribution in [0.2, 0.25) is 0 Å². The Morgan fingerprint density at radius 1 is 0.634 bits per heavy atom. The zero-order valence-electron chi connectivity index (χ0n) is 23.7. The molecule has 0 N–H and O–H groups in total. The van der Waals surface area contributed by atoms with Crippen LogP contribution in [0.25, 0.3) is 10.9 Å². The maximum absolute atomic E-state index is 6.88. The average molecular weight is 548 g/mol. The van der Waals surface area contributed by atoms with Crippen LogP contribution in [0.5, 0.6) is 0 Å². The number of para-hydroxylation sites is 1. The van der Waals surface area contributed by atoms with Crippen LogP contribution in [0.3, 0.4) is 0 Å². The van der Waals surface area contributed by atoms with Gasteiger partial charge in [0.05, 0.1) is 32.1 Å². The number of rotatable bonds is 11. The zero-order chi connectivity index (χ0) is 28.0. The molecule has 2 heterocycles. The highest BCUT2D eigenvalue weighted by molar-refractivity contribution is 5.85. The predicted molar refractivity (Wildman–Crippen MR) is 161 cm³/mol. The van der Waals surface area contributed by atoms with E-state index in [1.165, 1.54) is 16.5 Å². The van der Waals surface area contributed by atoms with E-state index in [1.54, 1.807) is 0 Å². The second-order valence-corrected chi connectivity index (χ2v) is 10.7. The summed E-state index contributed by atoms with van der Waals surface area (Å²) in [5, 5.41) is 1.22. The van der Waals surface area contributed by atoms with Gasteiger partial charge < -0.3 is 23.5 Å². The van der Waals surface area contributed by atoms with Crippen molar-refractivity contribution in [1.29, 1.82) is 0 Å². The van der Waals surface area contributed by atoms with Gasteiger partial charge in [0.15, 0.2) is 0 Å². The average Bonchev–Trinajstić information content (AvgIpc) is 3.49. The third kappa shape index (κ3) is 6.14. The standard InChI is InChI=1S/C36H37NO4/c1-26-30-20-12-13-21-31(30)37(2)33(26)35-36(40-24-29-18-10-5-11-19-29)34(39-23-28-16-8-4-9-17-28)32(41-35)25-38-22-27-14-6-3-7-15-27/h3-21,32,34-36H,22-25H2,1-2H3/t32-,34-,35+,36-/m1/s1. The fraction of sp³-hybridized carbons (Fsp3) is 0.278. The lowest BCUT2D eigenvalue weighted by Gasteiger charge is -2.26. The van der Waals surface area contributed by atoms with Crippen LogP contribution in [-0.2, 0) is 45.8 Å². The quantitative estimate of drug-likeness (QED) is 0.174. The van der Waals surface area contributed by atoms with Crippen molar-refractivity contribution >= 4 is 10.9 Å². The Balaban J connectivity index is 1.32. The van der Waals surface area contributed by atoms with Gasteiger partial charge in [0.2, 0.25) is 0 Å². The highest BCUT2D eigenvalue weighted by Crippen LogP contribution is 2.42. The fourth-order valence-electron chi connectivity index (χ4n) is 5.87. The second-order valence-electron chi connectivity index (χ2n) is 10.7. The van der Waals surface area contributed by atoms with E-state index in [0.717, 1.165) is 22.4 Å². The fourth-order valence-corrected chi connectivity index (χ4v) is 5.87. The molecule has 0 spiro atoms. The first kappa shape index (κ1) is 27.4. The van der Waals surface area contributed by atoms with Gasteiger partial charge in [-0.15, -0.1) is 0 Å². The Bertz CT molecular complexity index is 1490. The summed E-state index contributed by atoms with van der Waals surface area (Å²) >= 11 is 0. The van der Waals surface area contributed by atoms with Crippen molar-refractivity contribution in [2.75, 3.05) is 6.61 Å². The summed E-state index contributed by atoms with van der Waals surface area (Å²) in [6.45, 7) is 4.03. The summed E-state index contributed by atoms with van der Waals surface area (Å²) in [6.07, 6.45) is -1.27. The molecule has 210 valence electrons. The Hall–Kier alpha value is -3.74. The SMILES string of the molecule is Cc1c([C@@H]2O[C@H](COCc3ccccc3)[C@@H](OCc3ccccc3)[C@H]2OCc2ccccc2)n(C)c2ccccc12. The molecule has 1 saturated heterocycles. The molecular formula is C36H37NO4. The molecule has 1 aromatic heterocycles. The summed E-state index contributed by atoms with van der Waals surface area (Å²) in [7, 11) is 2.11. The molecule has 0 bridgehead atoms. The lowest BCUT2D eigenvalue weighted by Crippen LogP contribution is -2.38. The summed E-state index contributed by atoms with van der Waals surface area (Å²) in [5.74, 6) is 0. The number of fused-ring (bicyclic) bond motifs is 1. The van der Waals surface area contributed by atoms with Gasteiger partial charge in [0.1, 0.15) is 24.4 Å². The van der Waals surface area contributed by atoms with Gasteiger partial charge in [0.25, 0.3) is 0 Å². The van der Waals surface area contributed by atoms with Gasteiger partial charge in [-0.1, -0.05) is 109 Å². The Morgan fingerprint density at radius 3 is 1.73 bits per heavy atom. The molecule has 1 fully saturated rings. The molecule has 5 aromatic rings. The van der Waals surface area contributed by atoms with Crippen LogP contribution in [0.15, 0.2) is 115 Å². The Kier molecular flexibility index (Phi) is 8.59. The van der Waals surface area contributed by atoms with E-state index in [-0.39, 0.29) is 24.4 Å². The van der Waals surface area contributed by atoms with Crippen LogP contribution in [0, 0.1) is 6.92 Å². The van der Waals surface area contributed by atoms with E-state index >= 15 is 0 Å². The summed E-state index contributed by atoms with van der Waals surface area (Å²) in [5.41, 5.74) is 6.85. The number of benzene rings is 4. The topological polar surface area (TPSA) is 41.9 Å². The largest absolute Gasteiger partial charge is 0.374 e. The Morgan fingerprint density at radius 2 is 1.15 bits per heavy atom. The van der Waals surface area contributed by atoms with Gasteiger partial charge in [-0.05, 0) is 35.2 Å². The molecule has 41 heavy (non-hydrogen) atoms. The normalized spacial score (nSPS) is 20.5. The lowest BCUT2D eigenvalue weighted by molar-refractivity contribution is -0.0898. The minimum absolute atomic E-state index is 0.300. The molecule has 5 heteroatoms. The van der Waals surface area contributed by atoms with Crippen molar-refractivity contribution in [3.05, 3.63) is 143 Å². The number of hydrogen-bond acceptors (Lipinski definition) is 4. The summed E-state index contributed by atoms with van der Waals surface area (Å²) < 4.78 is 28.8. The van der Waals surface area contributed by atoms with Crippen molar-refractivity contribution in [3.63, 3.8) is 0 Å². The first-order valence-electron chi connectivity index (χ1n) is 14.3. The van der Waals surface area contributed by atoms with Crippen LogP contribution in [-0.4, -0.2) is 29.5 Å². The molecule has 6 rings (SSSR count). The molecule has 0 aliphatic carbocycles. The predicted octanol–water partition coefficient (Wildman–Crippen LogP) is 7.31. The van der Waals surface area contributed by atoms with Crippen LogP contribution < -0.4 is 0 Å². The number of ether oxygens (including phenoxy) is 4. The van der Waals surface area contributed by atoms with Gasteiger partial charge in [0, 0.05) is 18.0 Å². The summed E-state index contributed by atoms with van der Waals surface area (Å²) in [6, 6.07) is 39.3. The van der Waals surface area contributed by atoms with Crippen LogP contribution >= 0.6 is 0 Å². The molecule has 0 unspecified atom stereocenters. The number of aryl methyl sites for hydroxylation is 2. The molecule has 0 saturated carbocycles. The van der Waals surface area contributed by atoms with E-state index in [0.29, 0.717) is 26.4 Å². The minimum Gasteiger partial charge on any atom is -0.374 e. The second kappa shape index (κ2) is 12.8. The Labute approximate surface area is 242 Å². The molecule has 5 nitrogen and oxygen atoms in total. The minimum atomic E-state index is -0.328.